The Morgan fingerprint density at radius 2 is 2.30 bits per heavy atom. The third-order valence-electron chi connectivity index (χ3n) is 3.66. The molecular weight excluding hydrogens is 317 g/mol. The number of nitrogens with two attached hydrogens (primary N) is 1. The highest BCUT2D eigenvalue weighted by molar-refractivity contribution is 7.16. The monoisotopic (exact) mass is 331 g/mol. The van der Waals surface area contributed by atoms with Crippen LogP contribution in [0.1, 0.15) is 27.3 Å². The Hall–Kier alpha value is -2.39. The second kappa shape index (κ2) is 6.02. The molecule has 4 N–H and O–H groups in total. The highest BCUT2D eigenvalue weighted by Gasteiger charge is 2.37. The van der Waals surface area contributed by atoms with Gasteiger partial charge in [0.1, 0.15) is 11.5 Å². The first-order chi connectivity index (χ1) is 11.0. The van der Waals surface area contributed by atoms with E-state index in [1.54, 1.807) is 12.1 Å². The van der Waals surface area contributed by atoms with Gasteiger partial charge in [-0.3, -0.25) is 4.79 Å². The number of hydrogen-bond donors (Lipinski definition) is 3. The Balaban J connectivity index is 1.80. The molecule has 0 fully saturated rings. The lowest BCUT2D eigenvalue weighted by molar-refractivity contribution is 0.0974. The minimum absolute atomic E-state index is 0.0690. The van der Waals surface area contributed by atoms with Crippen molar-refractivity contribution in [2.24, 2.45) is 0 Å². The SMILES string of the molecule is C=C(O)c1cccc2c1OB(O)[C@@H](CC(=O)c1nnc(N)s1)C2. The number of nitrogen functional groups attached to an aromatic ring is 1. The number of carbonyl (C=O) groups is 1. The molecule has 1 aromatic heterocycles. The lowest BCUT2D eigenvalue weighted by atomic mass is 9.64. The van der Waals surface area contributed by atoms with E-state index >= 15 is 0 Å². The molecule has 0 unspecified atom stereocenters. The van der Waals surface area contributed by atoms with E-state index in [4.69, 9.17) is 10.4 Å². The molecule has 2 aromatic rings. The quantitative estimate of drug-likeness (QED) is 0.443. The topological polar surface area (TPSA) is 119 Å². The van der Waals surface area contributed by atoms with Gasteiger partial charge in [0.25, 0.3) is 0 Å². The third-order valence-corrected chi connectivity index (χ3v) is 4.45. The minimum atomic E-state index is -1.16. The number of benzene rings is 1. The van der Waals surface area contributed by atoms with Crippen molar-refractivity contribution >= 4 is 35.1 Å². The molecule has 0 bridgehead atoms. The number of rotatable bonds is 4. The molecule has 1 aliphatic rings. The van der Waals surface area contributed by atoms with Crippen LogP contribution in [0.15, 0.2) is 24.8 Å². The van der Waals surface area contributed by atoms with Crippen LogP contribution in [0.5, 0.6) is 5.75 Å². The summed E-state index contributed by atoms with van der Waals surface area (Å²) in [7, 11) is -1.16. The van der Waals surface area contributed by atoms with Crippen molar-refractivity contribution in [3.8, 4) is 5.75 Å². The van der Waals surface area contributed by atoms with Gasteiger partial charge in [-0.25, -0.2) is 0 Å². The second-order valence-corrected chi connectivity index (χ2v) is 6.29. The molecule has 1 aromatic carbocycles. The van der Waals surface area contributed by atoms with E-state index in [1.165, 1.54) is 0 Å². The molecule has 2 heterocycles. The Bertz CT molecular complexity index is 779. The molecule has 23 heavy (non-hydrogen) atoms. The standard InChI is InChI=1S/C14H14BN3O4S/c1-7(19)10-4-2-3-8-5-9(15(21)22-12(8)10)6-11(20)13-17-18-14(16)23-13/h2-4,9,19,21H,1,5-6H2,(H2,16,18)/t9-/m1/s1. The first-order valence-corrected chi connectivity index (χ1v) is 7.74. The van der Waals surface area contributed by atoms with Crippen LogP contribution in [0.2, 0.25) is 5.82 Å². The Morgan fingerprint density at radius 1 is 1.52 bits per heavy atom. The maximum absolute atomic E-state index is 12.2. The van der Waals surface area contributed by atoms with Gasteiger partial charge in [-0.15, -0.1) is 10.2 Å². The maximum Gasteiger partial charge on any atom is 0.526 e. The number of para-hydroxylation sites is 1. The summed E-state index contributed by atoms with van der Waals surface area (Å²) in [5.41, 5.74) is 6.71. The number of fused-ring (bicyclic) bond motifs is 1. The zero-order valence-electron chi connectivity index (χ0n) is 12.1. The molecule has 9 heteroatoms. The molecule has 1 atom stereocenters. The molecule has 0 amide bonds. The van der Waals surface area contributed by atoms with E-state index in [2.05, 4.69) is 16.8 Å². The van der Waals surface area contributed by atoms with Crippen molar-refractivity contribution < 1.29 is 19.6 Å². The maximum atomic E-state index is 12.2. The number of carbonyl (C=O) groups excluding carboxylic acids is 1. The largest absolute Gasteiger partial charge is 0.535 e. The lowest BCUT2D eigenvalue weighted by Crippen LogP contribution is -2.35. The van der Waals surface area contributed by atoms with Crippen molar-refractivity contribution in [3.05, 3.63) is 40.9 Å². The summed E-state index contributed by atoms with van der Waals surface area (Å²) < 4.78 is 5.50. The molecule has 7 nitrogen and oxygen atoms in total. The van der Waals surface area contributed by atoms with Crippen LogP contribution in [0.3, 0.4) is 0 Å². The van der Waals surface area contributed by atoms with Crippen molar-refractivity contribution in [3.63, 3.8) is 0 Å². The third kappa shape index (κ3) is 3.06. The van der Waals surface area contributed by atoms with Gasteiger partial charge >= 0.3 is 7.12 Å². The fraction of sp³-hybridized carbons (Fsp3) is 0.214. The fourth-order valence-electron chi connectivity index (χ4n) is 2.56. The van der Waals surface area contributed by atoms with Crippen molar-refractivity contribution in [2.45, 2.75) is 18.7 Å². The number of Topliss-reactive ketones (excluding diaryl/α,β-unsaturated/α-hetero) is 1. The first-order valence-electron chi connectivity index (χ1n) is 6.92. The summed E-state index contributed by atoms with van der Waals surface area (Å²) in [4.78, 5) is 12.2. The van der Waals surface area contributed by atoms with E-state index in [0.717, 1.165) is 16.9 Å². The summed E-state index contributed by atoms with van der Waals surface area (Å²) in [6, 6.07) is 5.25. The summed E-state index contributed by atoms with van der Waals surface area (Å²) in [6.45, 7) is 3.48. The second-order valence-electron chi connectivity index (χ2n) is 5.29. The van der Waals surface area contributed by atoms with Gasteiger partial charge in [0.2, 0.25) is 5.13 Å². The van der Waals surface area contributed by atoms with Gasteiger partial charge < -0.3 is 20.5 Å². The zero-order valence-corrected chi connectivity index (χ0v) is 12.9. The molecular formula is C14H14BN3O4S. The van der Waals surface area contributed by atoms with Crippen LogP contribution in [-0.2, 0) is 6.42 Å². The average molecular weight is 331 g/mol. The number of aliphatic hydroxyl groups is 1. The van der Waals surface area contributed by atoms with Gasteiger partial charge in [0, 0.05) is 12.2 Å². The van der Waals surface area contributed by atoms with Gasteiger partial charge in [0.05, 0.1) is 5.56 Å². The number of hydrogen-bond acceptors (Lipinski definition) is 8. The summed E-state index contributed by atoms with van der Waals surface area (Å²) >= 11 is 1.02. The minimum Gasteiger partial charge on any atom is -0.535 e. The molecule has 1 aliphatic heterocycles. The van der Waals surface area contributed by atoms with Crippen molar-refractivity contribution in [2.75, 3.05) is 5.73 Å². The Morgan fingerprint density at radius 3 is 2.96 bits per heavy atom. The fourth-order valence-corrected chi connectivity index (χ4v) is 3.12. The zero-order chi connectivity index (χ0) is 16.6. The molecule has 118 valence electrons. The Labute approximate surface area is 136 Å². The number of ketones is 1. The van der Waals surface area contributed by atoms with E-state index in [0.29, 0.717) is 17.7 Å². The van der Waals surface area contributed by atoms with E-state index in [1.807, 2.05) is 6.07 Å². The molecule has 3 rings (SSSR count). The molecule has 0 spiro atoms. The Kier molecular flexibility index (Phi) is 4.06. The summed E-state index contributed by atoms with van der Waals surface area (Å²) in [5.74, 6) is -0.385. The molecule has 0 saturated heterocycles. The van der Waals surface area contributed by atoms with Crippen molar-refractivity contribution in [1.29, 1.82) is 0 Å². The first kappa shape index (κ1) is 15.5. The smallest absolute Gasteiger partial charge is 0.526 e. The normalized spacial score (nSPS) is 16.6. The van der Waals surface area contributed by atoms with Gasteiger partial charge in [-0.05, 0) is 18.1 Å². The van der Waals surface area contributed by atoms with E-state index < -0.39 is 12.9 Å². The number of anilines is 1. The number of nitrogens with zero attached hydrogens (tertiary/aromatic N) is 2. The lowest BCUT2D eigenvalue weighted by Gasteiger charge is -2.28. The molecule has 0 radical (unpaired) electrons. The van der Waals surface area contributed by atoms with Crippen LogP contribution in [-0.4, -0.2) is 33.2 Å². The van der Waals surface area contributed by atoms with Gasteiger partial charge in [0.15, 0.2) is 10.8 Å². The van der Waals surface area contributed by atoms with Crippen LogP contribution in [0.4, 0.5) is 5.13 Å². The highest BCUT2D eigenvalue weighted by Crippen LogP contribution is 2.38. The number of aliphatic hydroxyl groups excluding tert-OH is 1. The summed E-state index contributed by atoms with van der Waals surface area (Å²) in [5, 5.41) is 27.5. The predicted molar refractivity (Wildman–Crippen MR) is 87.4 cm³/mol. The summed E-state index contributed by atoms with van der Waals surface area (Å²) in [6.07, 6.45) is 0.511. The number of aromatic nitrogens is 2. The molecule has 0 saturated carbocycles. The predicted octanol–water partition coefficient (Wildman–Crippen LogP) is 1.71. The van der Waals surface area contributed by atoms with Crippen LogP contribution < -0.4 is 10.4 Å². The van der Waals surface area contributed by atoms with E-state index in [-0.39, 0.29) is 28.1 Å². The van der Waals surface area contributed by atoms with Gasteiger partial charge in [-0.1, -0.05) is 30.0 Å². The van der Waals surface area contributed by atoms with Crippen LogP contribution in [0.25, 0.3) is 5.76 Å². The highest BCUT2D eigenvalue weighted by atomic mass is 32.1. The average Bonchev–Trinajstić information content (AvgIpc) is 2.94. The van der Waals surface area contributed by atoms with E-state index in [9.17, 15) is 14.9 Å². The van der Waals surface area contributed by atoms with Crippen LogP contribution in [0, 0.1) is 0 Å². The molecule has 0 aliphatic carbocycles. The van der Waals surface area contributed by atoms with Gasteiger partial charge in [-0.2, -0.15) is 0 Å². The van der Waals surface area contributed by atoms with Crippen molar-refractivity contribution in [1.82, 2.24) is 10.2 Å². The van der Waals surface area contributed by atoms with Crippen LogP contribution >= 0.6 is 11.3 Å².